The van der Waals surface area contributed by atoms with Gasteiger partial charge in [0.1, 0.15) is 11.9 Å². The number of anilines is 1. The Kier molecular flexibility index (Phi) is 3.47. The Labute approximate surface area is 146 Å². The van der Waals surface area contributed by atoms with E-state index in [-0.39, 0.29) is 6.04 Å². The van der Waals surface area contributed by atoms with E-state index >= 15 is 0 Å². The molecule has 0 radical (unpaired) electrons. The molecule has 0 bridgehead atoms. The minimum Gasteiger partial charge on any atom is -0.384 e. The fraction of sp³-hybridized carbons (Fsp3) is 0.200. The molecule has 5 nitrogen and oxygen atoms in total. The lowest BCUT2D eigenvalue weighted by molar-refractivity contribution is 0.843. The highest BCUT2D eigenvalue weighted by molar-refractivity contribution is 5.85. The summed E-state index contributed by atoms with van der Waals surface area (Å²) in [6, 6.07) is 18.1. The maximum atomic E-state index is 9.71. The molecule has 3 aromatic rings. The molecule has 4 rings (SSSR count). The molecular weight excluding hydrogens is 310 g/mol. The molecule has 0 fully saturated rings. The lowest BCUT2D eigenvalue weighted by atomic mass is 9.95. The summed E-state index contributed by atoms with van der Waals surface area (Å²) >= 11 is 0. The lowest BCUT2D eigenvalue weighted by Crippen LogP contribution is -2.26. The molecular formula is C20H19N5. The summed E-state index contributed by atoms with van der Waals surface area (Å²) in [7, 11) is 0. The first-order valence-electron chi connectivity index (χ1n) is 8.34. The second-order valence-corrected chi connectivity index (χ2v) is 6.57. The molecule has 0 saturated heterocycles. The Bertz CT molecular complexity index is 1020. The number of nitrogens with zero attached hydrogens (tertiary/aromatic N) is 3. The average Bonchev–Trinajstić information content (AvgIpc) is 3.00. The quantitative estimate of drug-likeness (QED) is 0.745. The molecule has 1 aliphatic heterocycles. The number of hydrogen-bond donors (Lipinski definition) is 2. The predicted octanol–water partition coefficient (Wildman–Crippen LogP) is 3.98. The van der Waals surface area contributed by atoms with Crippen LogP contribution in [0.4, 0.5) is 5.95 Å². The van der Waals surface area contributed by atoms with E-state index in [0.29, 0.717) is 23.3 Å². The number of hydrogen-bond acceptors (Lipinski definition) is 4. The monoisotopic (exact) mass is 329 g/mol. The number of rotatable bonds is 2. The number of para-hydroxylation sites is 2. The van der Waals surface area contributed by atoms with Crippen LogP contribution < -0.4 is 11.1 Å². The van der Waals surface area contributed by atoms with E-state index < -0.39 is 0 Å². The summed E-state index contributed by atoms with van der Waals surface area (Å²) in [4.78, 5) is 4.62. The maximum absolute atomic E-state index is 9.71. The van der Waals surface area contributed by atoms with Crippen LogP contribution in [0.25, 0.3) is 16.9 Å². The summed E-state index contributed by atoms with van der Waals surface area (Å²) in [5.41, 5.74) is 10.9. The smallest absolute Gasteiger partial charge is 0.210 e. The van der Waals surface area contributed by atoms with Crippen LogP contribution in [0.1, 0.15) is 36.9 Å². The second kappa shape index (κ2) is 5.67. The van der Waals surface area contributed by atoms with E-state index in [0.717, 1.165) is 16.6 Å². The predicted molar refractivity (Wildman–Crippen MR) is 99.6 cm³/mol. The van der Waals surface area contributed by atoms with Gasteiger partial charge in [0.25, 0.3) is 0 Å². The summed E-state index contributed by atoms with van der Waals surface area (Å²) in [5.74, 6) is 1.56. The molecule has 2 aromatic carbocycles. The zero-order valence-corrected chi connectivity index (χ0v) is 14.2. The van der Waals surface area contributed by atoms with Gasteiger partial charge in [-0.25, -0.2) is 4.98 Å². The van der Waals surface area contributed by atoms with Gasteiger partial charge in [0, 0.05) is 0 Å². The molecule has 124 valence electrons. The number of benzene rings is 2. The highest BCUT2D eigenvalue weighted by Gasteiger charge is 2.29. The Morgan fingerprint density at radius 1 is 1.16 bits per heavy atom. The van der Waals surface area contributed by atoms with Crippen LogP contribution in [-0.2, 0) is 0 Å². The Hall–Kier alpha value is -3.26. The molecule has 2 heterocycles. The first-order valence-corrected chi connectivity index (χ1v) is 8.34. The summed E-state index contributed by atoms with van der Waals surface area (Å²) in [6.45, 7) is 4.32. The largest absolute Gasteiger partial charge is 0.384 e. The number of aromatic nitrogens is 2. The number of nitriles is 1. The first-order chi connectivity index (χ1) is 12.1. The second-order valence-electron chi connectivity index (χ2n) is 6.57. The molecule has 25 heavy (non-hydrogen) atoms. The molecule has 0 unspecified atom stereocenters. The molecule has 5 heteroatoms. The van der Waals surface area contributed by atoms with E-state index in [1.807, 2.05) is 28.8 Å². The number of nitrogens with two attached hydrogens (primary N) is 1. The van der Waals surface area contributed by atoms with Gasteiger partial charge in [0.15, 0.2) is 0 Å². The average molecular weight is 329 g/mol. The van der Waals surface area contributed by atoms with Gasteiger partial charge in [-0.05, 0) is 29.2 Å². The topological polar surface area (TPSA) is 79.7 Å². The van der Waals surface area contributed by atoms with Gasteiger partial charge < -0.3 is 11.1 Å². The molecule has 0 amide bonds. The van der Waals surface area contributed by atoms with Crippen LogP contribution in [-0.4, -0.2) is 9.55 Å². The van der Waals surface area contributed by atoms with Crippen molar-refractivity contribution < 1.29 is 0 Å². The summed E-state index contributed by atoms with van der Waals surface area (Å²) < 4.78 is 1.81. The number of imidazole rings is 1. The van der Waals surface area contributed by atoms with Crippen LogP contribution in [0, 0.1) is 11.3 Å². The number of nitrogens with one attached hydrogen (secondary N) is 1. The number of fused-ring (bicyclic) bond motifs is 3. The molecule has 3 N–H and O–H groups in total. The van der Waals surface area contributed by atoms with Gasteiger partial charge in [-0.2, -0.15) is 5.26 Å². The zero-order valence-electron chi connectivity index (χ0n) is 14.2. The first kappa shape index (κ1) is 15.3. The fourth-order valence-corrected chi connectivity index (χ4v) is 3.28. The van der Waals surface area contributed by atoms with Crippen molar-refractivity contribution in [1.82, 2.24) is 9.55 Å². The van der Waals surface area contributed by atoms with Crippen molar-refractivity contribution in [1.29, 1.82) is 5.26 Å². The Morgan fingerprint density at radius 3 is 2.56 bits per heavy atom. The fourth-order valence-electron chi connectivity index (χ4n) is 3.28. The molecule has 0 spiro atoms. The van der Waals surface area contributed by atoms with Crippen molar-refractivity contribution in [2.24, 2.45) is 5.73 Å². The van der Waals surface area contributed by atoms with Crippen molar-refractivity contribution >= 4 is 22.8 Å². The van der Waals surface area contributed by atoms with Crippen LogP contribution >= 0.6 is 0 Å². The van der Waals surface area contributed by atoms with Crippen molar-refractivity contribution in [2.75, 3.05) is 5.32 Å². The third-order valence-electron chi connectivity index (χ3n) is 4.70. The normalized spacial score (nSPS) is 16.6. The van der Waals surface area contributed by atoms with Crippen molar-refractivity contribution in [3.8, 4) is 6.07 Å². The molecule has 0 saturated carbocycles. The minimum absolute atomic E-state index is 0.296. The third-order valence-corrected chi connectivity index (χ3v) is 4.70. The molecule has 1 aliphatic rings. The van der Waals surface area contributed by atoms with Crippen molar-refractivity contribution in [3.05, 3.63) is 65.2 Å². The summed E-state index contributed by atoms with van der Waals surface area (Å²) in [5, 5.41) is 13.1. The summed E-state index contributed by atoms with van der Waals surface area (Å²) in [6.07, 6.45) is 0. The molecule has 1 atom stereocenters. The highest BCUT2D eigenvalue weighted by atomic mass is 15.3. The SMILES string of the molecule is CC(C)c1ccc([C@H]2Nc3nc4ccccc4n3C(N)=C2C#N)cc1. The zero-order chi connectivity index (χ0) is 17.6. The van der Waals surface area contributed by atoms with Gasteiger partial charge in [-0.1, -0.05) is 50.2 Å². The highest BCUT2D eigenvalue weighted by Crippen LogP contribution is 2.36. The minimum atomic E-state index is -0.296. The van der Waals surface area contributed by atoms with Crippen molar-refractivity contribution in [3.63, 3.8) is 0 Å². The van der Waals surface area contributed by atoms with E-state index in [1.165, 1.54) is 5.56 Å². The van der Waals surface area contributed by atoms with Gasteiger partial charge >= 0.3 is 0 Å². The Morgan fingerprint density at radius 2 is 1.88 bits per heavy atom. The van der Waals surface area contributed by atoms with Gasteiger partial charge in [0.2, 0.25) is 5.95 Å². The van der Waals surface area contributed by atoms with Crippen LogP contribution in [0.3, 0.4) is 0 Å². The van der Waals surface area contributed by atoms with E-state index in [9.17, 15) is 5.26 Å². The molecule has 0 aliphatic carbocycles. The van der Waals surface area contributed by atoms with E-state index in [2.05, 4.69) is 54.5 Å². The Balaban J connectivity index is 1.84. The standard InChI is InChI=1S/C20H19N5/c1-12(2)13-7-9-14(10-8-13)18-15(11-21)19(22)25-17-6-4-3-5-16(17)23-20(25)24-18/h3-10,12,18H,22H2,1-2H3,(H,23,24)/t18-/m1/s1. The van der Waals surface area contributed by atoms with Crippen molar-refractivity contribution in [2.45, 2.75) is 25.8 Å². The van der Waals surface area contributed by atoms with E-state index in [1.54, 1.807) is 0 Å². The molecule has 1 aromatic heterocycles. The van der Waals surface area contributed by atoms with Gasteiger partial charge in [-0.15, -0.1) is 0 Å². The third kappa shape index (κ3) is 2.34. The lowest BCUT2D eigenvalue weighted by Gasteiger charge is -2.27. The van der Waals surface area contributed by atoms with Crippen LogP contribution in [0.5, 0.6) is 0 Å². The van der Waals surface area contributed by atoms with Gasteiger partial charge in [-0.3, -0.25) is 4.57 Å². The van der Waals surface area contributed by atoms with Crippen LogP contribution in [0.2, 0.25) is 0 Å². The van der Waals surface area contributed by atoms with E-state index in [4.69, 9.17) is 5.73 Å². The maximum Gasteiger partial charge on any atom is 0.210 e. The van der Waals surface area contributed by atoms with Crippen LogP contribution in [0.15, 0.2) is 54.1 Å². The van der Waals surface area contributed by atoms with Gasteiger partial charge in [0.05, 0.1) is 22.6 Å².